The average Bonchev–Trinajstić information content (AvgIpc) is 2.73. The fourth-order valence-corrected chi connectivity index (χ4v) is 3.33. The van der Waals surface area contributed by atoms with Gasteiger partial charge in [-0.3, -0.25) is 4.79 Å². The van der Waals surface area contributed by atoms with Crippen molar-refractivity contribution in [2.75, 3.05) is 32.3 Å². The van der Waals surface area contributed by atoms with Crippen molar-refractivity contribution in [1.29, 1.82) is 0 Å². The van der Waals surface area contributed by atoms with Crippen molar-refractivity contribution in [3.63, 3.8) is 0 Å². The van der Waals surface area contributed by atoms with E-state index >= 15 is 0 Å². The number of carbonyl (C=O) groups excluding carboxylic acids is 1. The number of anilines is 1. The molecule has 0 aromatic heterocycles. The van der Waals surface area contributed by atoms with Crippen LogP contribution in [0, 0.1) is 0 Å². The van der Waals surface area contributed by atoms with Gasteiger partial charge in [-0.1, -0.05) is 18.2 Å². The summed E-state index contributed by atoms with van der Waals surface area (Å²) in [7, 11) is 3.17. The summed E-state index contributed by atoms with van der Waals surface area (Å²) in [6, 6.07) is 11.3. The number of amides is 1. The first-order valence-electron chi connectivity index (χ1n) is 9.21. The molecule has 0 spiro atoms. The molecule has 3 rings (SSSR count). The number of nitrogens with zero attached hydrogens (tertiary/aromatic N) is 1. The molecule has 0 saturated carbocycles. The lowest BCUT2D eigenvalue weighted by Crippen LogP contribution is -2.41. The molecular formula is C22H26N2O4. The molecule has 1 aliphatic heterocycles. The number of carbonyl (C=O) groups is 1. The number of benzene rings is 2. The van der Waals surface area contributed by atoms with Crippen LogP contribution in [0.15, 0.2) is 49.1 Å². The first kappa shape index (κ1) is 19.6. The highest BCUT2D eigenvalue weighted by molar-refractivity contribution is 5.95. The van der Waals surface area contributed by atoms with E-state index in [1.54, 1.807) is 20.3 Å². The van der Waals surface area contributed by atoms with Gasteiger partial charge in [-0.2, -0.15) is 0 Å². The zero-order chi connectivity index (χ0) is 20.1. The molecule has 1 N–H and O–H groups in total. The third-order valence-corrected chi connectivity index (χ3v) is 4.79. The Labute approximate surface area is 165 Å². The summed E-state index contributed by atoms with van der Waals surface area (Å²) in [6.45, 7) is 7.56. The van der Waals surface area contributed by atoms with Crippen LogP contribution in [0.25, 0.3) is 0 Å². The average molecular weight is 382 g/mol. The molecule has 1 heterocycles. The van der Waals surface area contributed by atoms with Gasteiger partial charge in [0.15, 0.2) is 11.5 Å². The number of para-hydroxylation sites is 1. The number of methoxy groups -OCH3 is 2. The van der Waals surface area contributed by atoms with E-state index in [1.165, 1.54) is 0 Å². The predicted molar refractivity (Wildman–Crippen MR) is 110 cm³/mol. The van der Waals surface area contributed by atoms with Crippen LogP contribution >= 0.6 is 0 Å². The van der Waals surface area contributed by atoms with Gasteiger partial charge in [-0.05, 0) is 31.2 Å². The fourth-order valence-electron chi connectivity index (χ4n) is 3.33. The summed E-state index contributed by atoms with van der Waals surface area (Å²) >= 11 is 0. The molecule has 1 unspecified atom stereocenters. The summed E-state index contributed by atoms with van der Waals surface area (Å²) in [5.74, 6) is 1.87. The van der Waals surface area contributed by atoms with Crippen LogP contribution in [0.3, 0.4) is 0 Å². The maximum absolute atomic E-state index is 12.7. The van der Waals surface area contributed by atoms with Crippen molar-refractivity contribution in [2.24, 2.45) is 0 Å². The molecule has 1 atom stereocenters. The van der Waals surface area contributed by atoms with E-state index in [4.69, 9.17) is 14.2 Å². The lowest BCUT2D eigenvalue weighted by atomic mass is 10.1. The van der Waals surface area contributed by atoms with Gasteiger partial charge in [0.1, 0.15) is 12.4 Å². The Kier molecular flexibility index (Phi) is 6.09. The molecule has 0 aliphatic carbocycles. The Bertz CT molecular complexity index is 866. The number of hydrogen-bond donors (Lipinski definition) is 1. The monoisotopic (exact) mass is 382 g/mol. The highest BCUT2D eigenvalue weighted by atomic mass is 16.5. The predicted octanol–water partition coefficient (Wildman–Crippen LogP) is 3.41. The topological polar surface area (TPSA) is 60.0 Å². The van der Waals surface area contributed by atoms with E-state index < -0.39 is 0 Å². The fraction of sp³-hybridized carbons (Fsp3) is 0.318. The van der Waals surface area contributed by atoms with Crippen LogP contribution in [0.5, 0.6) is 17.2 Å². The number of rotatable bonds is 7. The van der Waals surface area contributed by atoms with E-state index in [9.17, 15) is 4.79 Å². The standard InChI is InChI=1S/C22H26N2O4/c1-5-11-24-15(2)14-28-19-10-9-16(12-18(19)24)22(25)23-13-17-7-6-8-20(26-3)21(17)27-4/h5-10,12,15H,1,11,13-14H2,2-4H3,(H,23,25). The molecule has 0 saturated heterocycles. The molecule has 6 heteroatoms. The normalized spacial score (nSPS) is 15.2. The van der Waals surface area contributed by atoms with E-state index in [2.05, 4.69) is 23.7 Å². The highest BCUT2D eigenvalue weighted by Gasteiger charge is 2.24. The number of nitrogens with one attached hydrogen (secondary N) is 1. The molecule has 2 aromatic carbocycles. The first-order valence-corrected chi connectivity index (χ1v) is 9.21. The van der Waals surface area contributed by atoms with Gasteiger partial charge in [0, 0.05) is 24.2 Å². The zero-order valence-corrected chi connectivity index (χ0v) is 16.5. The van der Waals surface area contributed by atoms with Crippen LogP contribution in [-0.2, 0) is 6.54 Å². The van der Waals surface area contributed by atoms with E-state index in [0.717, 1.165) is 17.0 Å². The summed E-state index contributed by atoms with van der Waals surface area (Å²) in [6.07, 6.45) is 1.85. The van der Waals surface area contributed by atoms with Crippen LogP contribution in [0.2, 0.25) is 0 Å². The molecule has 148 valence electrons. The number of ether oxygens (including phenoxy) is 3. The van der Waals surface area contributed by atoms with Gasteiger partial charge < -0.3 is 24.4 Å². The van der Waals surface area contributed by atoms with Gasteiger partial charge in [0.25, 0.3) is 5.91 Å². The minimum Gasteiger partial charge on any atom is -0.493 e. The lowest BCUT2D eigenvalue weighted by Gasteiger charge is -2.36. The van der Waals surface area contributed by atoms with E-state index in [1.807, 2.05) is 36.4 Å². The highest BCUT2D eigenvalue weighted by Crippen LogP contribution is 2.35. The van der Waals surface area contributed by atoms with Crippen molar-refractivity contribution >= 4 is 11.6 Å². The second-order valence-electron chi connectivity index (χ2n) is 6.62. The second kappa shape index (κ2) is 8.69. The third kappa shape index (κ3) is 3.91. The zero-order valence-electron chi connectivity index (χ0n) is 16.5. The lowest BCUT2D eigenvalue weighted by molar-refractivity contribution is 0.0950. The van der Waals surface area contributed by atoms with E-state index in [-0.39, 0.29) is 11.9 Å². The maximum Gasteiger partial charge on any atom is 0.251 e. The maximum atomic E-state index is 12.7. The molecular weight excluding hydrogens is 356 g/mol. The van der Waals surface area contributed by atoms with Gasteiger partial charge in [0.2, 0.25) is 0 Å². The Morgan fingerprint density at radius 1 is 1.32 bits per heavy atom. The quantitative estimate of drug-likeness (QED) is 0.744. The van der Waals surface area contributed by atoms with Gasteiger partial charge in [0.05, 0.1) is 25.9 Å². The molecule has 0 bridgehead atoms. The van der Waals surface area contributed by atoms with Crippen molar-refractivity contribution in [3.05, 3.63) is 60.2 Å². The molecule has 2 aromatic rings. The van der Waals surface area contributed by atoms with Crippen molar-refractivity contribution < 1.29 is 19.0 Å². The minimum absolute atomic E-state index is 0.163. The largest absolute Gasteiger partial charge is 0.493 e. The Morgan fingerprint density at radius 2 is 2.14 bits per heavy atom. The minimum atomic E-state index is -0.163. The SMILES string of the molecule is C=CCN1c2cc(C(=O)NCc3cccc(OC)c3OC)ccc2OCC1C. The number of fused-ring (bicyclic) bond motifs is 1. The van der Waals surface area contributed by atoms with Crippen molar-refractivity contribution in [2.45, 2.75) is 19.5 Å². The van der Waals surface area contributed by atoms with Gasteiger partial charge >= 0.3 is 0 Å². The smallest absolute Gasteiger partial charge is 0.251 e. The van der Waals surface area contributed by atoms with Crippen LogP contribution in [0.1, 0.15) is 22.8 Å². The molecule has 28 heavy (non-hydrogen) atoms. The number of hydrogen-bond acceptors (Lipinski definition) is 5. The van der Waals surface area contributed by atoms with Crippen molar-refractivity contribution in [3.8, 4) is 17.2 Å². The summed E-state index contributed by atoms with van der Waals surface area (Å²) < 4.78 is 16.5. The summed E-state index contributed by atoms with van der Waals surface area (Å²) in [5, 5.41) is 2.95. The first-order chi connectivity index (χ1) is 13.6. The van der Waals surface area contributed by atoms with Gasteiger partial charge in [-0.25, -0.2) is 0 Å². The summed E-state index contributed by atoms with van der Waals surface area (Å²) in [4.78, 5) is 14.9. The van der Waals surface area contributed by atoms with E-state index in [0.29, 0.717) is 36.8 Å². The molecule has 0 fully saturated rings. The molecule has 1 aliphatic rings. The molecule has 0 radical (unpaired) electrons. The summed E-state index contributed by atoms with van der Waals surface area (Å²) in [5.41, 5.74) is 2.33. The Hall–Kier alpha value is -3.15. The van der Waals surface area contributed by atoms with Crippen LogP contribution in [-0.4, -0.2) is 39.3 Å². The Morgan fingerprint density at radius 3 is 2.86 bits per heavy atom. The second-order valence-corrected chi connectivity index (χ2v) is 6.62. The van der Waals surface area contributed by atoms with Gasteiger partial charge in [-0.15, -0.1) is 6.58 Å². The third-order valence-electron chi connectivity index (χ3n) is 4.79. The van der Waals surface area contributed by atoms with Crippen LogP contribution < -0.4 is 24.4 Å². The molecule has 1 amide bonds. The Balaban J connectivity index is 1.78. The van der Waals surface area contributed by atoms with Crippen molar-refractivity contribution in [1.82, 2.24) is 5.32 Å². The molecule has 6 nitrogen and oxygen atoms in total. The van der Waals surface area contributed by atoms with Crippen LogP contribution in [0.4, 0.5) is 5.69 Å².